The molecule has 0 atom stereocenters. The predicted molar refractivity (Wildman–Crippen MR) is 125 cm³/mol. The van der Waals surface area contributed by atoms with E-state index in [-0.39, 0.29) is 0 Å². The highest BCUT2D eigenvalue weighted by Gasteiger charge is 2.22. The molecule has 1 N–H and O–H groups in total. The van der Waals surface area contributed by atoms with Gasteiger partial charge in [-0.2, -0.15) is 0 Å². The average molecular weight is 406 g/mol. The maximum Gasteiger partial charge on any atom is 0.0589 e. The summed E-state index contributed by atoms with van der Waals surface area (Å²) in [6.45, 7) is 13.0. The molecule has 3 aromatic rings. The molecule has 4 nitrogen and oxygen atoms in total. The summed E-state index contributed by atoms with van der Waals surface area (Å²) in [5.41, 5.74) is 8.78. The molecule has 1 aliphatic rings. The smallest absolute Gasteiger partial charge is 0.0589 e. The summed E-state index contributed by atoms with van der Waals surface area (Å²) in [5, 5.41) is 1.38. The van der Waals surface area contributed by atoms with E-state index in [2.05, 4.69) is 72.9 Å². The van der Waals surface area contributed by atoms with Crippen molar-refractivity contribution in [3.63, 3.8) is 0 Å². The van der Waals surface area contributed by atoms with Crippen molar-refractivity contribution < 1.29 is 4.74 Å². The van der Waals surface area contributed by atoms with Crippen LogP contribution in [-0.2, 0) is 4.74 Å². The molecule has 4 heteroatoms. The molecule has 0 bridgehead atoms. The van der Waals surface area contributed by atoms with Crippen LogP contribution < -0.4 is 0 Å². The number of fused-ring (bicyclic) bond motifs is 1. The molecule has 3 heterocycles. The second-order valence-corrected chi connectivity index (χ2v) is 9.12. The number of piperidine rings is 1. The molecule has 0 unspecified atom stereocenters. The second-order valence-electron chi connectivity index (χ2n) is 9.12. The lowest BCUT2D eigenvalue weighted by atomic mass is 9.87. The lowest BCUT2D eigenvalue weighted by Gasteiger charge is -2.32. The van der Waals surface area contributed by atoms with Gasteiger partial charge in [-0.05, 0) is 87.0 Å². The molecule has 2 aromatic heterocycles. The van der Waals surface area contributed by atoms with E-state index in [1.165, 1.54) is 46.1 Å². The molecule has 4 rings (SSSR count). The van der Waals surface area contributed by atoms with E-state index in [1.54, 1.807) is 7.11 Å². The highest BCUT2D eigenvalue weighted by atomic mass is 16.5. The SMILES string of the molecule is COCCN1CCC(c2ccc3[nH]c(-c4cc(C)nc(C)c4)c(C(C)C)c3c2)CC1. The van der Waals surface area contributed by atoms with E-state index in [4.69, 9.17) is 4.74 Å². The summed E-state index contributed by atoms with van der Waals surface area (Å²) in [7, 11) is 1.79. The Hall–Kier alpha value is -2.17. The van der Waals surface area contributed by atoms with Gasteiger partial charge in [0.15, 0.2) is 0 Å². The van der Waals surface area contributed by atoms with Crippen molar-refractivity contribution >= 4 is 10.9 Å². The van der Waals surface area contributed by atoms with Gasteiger partial charge in [-0.25, -0.2) is 0 Å². The van der Waals surface area contributed by atoms with Crippen molar-refractivity contribution in [1.82, 2.24) is 14.9 Å². The highest BCUT2D eigenvalue weighted by Crippen LogP contribution is 2.38. The van der Waals surface area contributed by atoms with Crippen LogP contribution in [-0.4, -0.2) is 48.2 Å². The lowest BCUT2D eigenvalue weighted by molar-refractivity contribution is 0.130. The third-order valence-electron chi connectivity index (χ3n) is 6.48. The zero-order valence-corrected chi connectivity index (χ0v) is 19.1. The van der Waals surface area contributed by atoms with Crippen molar-refractivity contribution in [2.45, 2.75) is 52.4 Å². The molecule has 30 heavy (non-hydrogen) atoms. The van der Waals surface area contributed by atoms with Gasteiger partial charge >= 0.3 is 0 Å². The van der Waals surface area contributed by atoms with Crippen LogP contribution in [0.1, 0.15) is 61.0 Å². The Bertz CT molecular complexity index is 992. The molecule has 0 radical (unpaired) electrons. The summed E-state index contributed by atoms with van der Waals surface area (Å²) in [6.07, 6.45) is 2.46. The van der Waals surface area contributed by atoms with E-state index < -0.39 is 0 Å². The molecule has 0 aliphatic carbocycles. The van der Waals surface area contributed by atoms with Crippen molar-refractivity contribution in [1.29, 1.82) is 0 Å². The van der Waals surface area contributed by atoms with Gasteiger partial charge in [0.25, 0.3) is 0 Å². The summed E-state index contributed by atoms with van der Waals surface area (Å²) >= 11 is 0. The van der Waals surface area contributed by atoms with Crippen LogP contribution in [0.3, 0.4) is 0 Å². The molecule has 0 saturated carbocycles. The van der Waals surface area contributed by atoms with E-state index in [1.807, 2.05) is 0 Å². The third kappa shape index (κ3) is 4.30. The number of pyridine rings is 1. The molecule has 1 aliphatic heterocycles. The standard InChI is InChI=1S/C26H35N3O/c1-17(2)25-23-16-21(20-8-10-29(11-9-20)12-13-30-5)6-7-24(23)28-26(25)22-14-18(3)27-19(4)15-22/h6-7,14-17,20,28H,8-13H2,1-5H3. The van der Waals surface area contributed by atoms with Gasteiger partial charge in [-0.15, -0.1) is 0 Å². The van der Waals surface area contributed by atoms with Crippen molar-refractivity contribution in [3.8, 4) is 11.3 Å². The van der Waals surface area contributed by atoms with E-state index in [0.717, 1.165) is 37.6 Å². The Morgan fingerprint density at radius 2 is 1.80 bits per heavy atom. The van der Waals surface area contributed by atoms with E-state index in [0.29, 0.717) is 11.8 Å². The monoisotopic (exact) mass is 405 g/mol. The van der Waals surface area contributed by atoms with Crippen molar-refractivity contribution in [2.75, 3.05) is 33.4 Å². The van der Waals surface area contributed by atoms with E-state index >= 15 is 0 Å². The molecule has 1 saturated heterocycles. The number of methoxy groups -OCH3 is 1. The molecular weight excluding hydrogens is 370 g/mol. The number of hydrogen-bond donors (Lipinski definition) is 1. The normalized spacial score (nSPS) is 16.1. The first-order valence-electron chi connectivity index (χ1n) is 11.3. The Balaban J connectivity index is 1.67. The van der Waals surface area contributed by atoms with Crippen LogP contribution in [0, 0.1) is 13.8 Å². The number of aromatic amines is 1. The number of ether oxygens (including phenoxy) is 1. The summed E-state index contributed by atoms with van der Waals surface area (Å²) < 4.78 is 5.24. The number of aryl methyl sites for hydroxylation is 2. The Morgan fingerprint density at radius 1 is 1.10 bits per heavy atom. The minimum atomic E-state index is 0.452. The number of H-pyrrole nitrogens is 1. The molecule has 1 fully saturated rings. The van der Waals surface area contributed by atoms with Gasteiger partial charge in [0.2, 0.25) is 0 Å². The van der Waals surface area contributed by atoms with Crippen molar-refractivity contribution in [3.05, 3.63) is 52.8 Å². The Morgan fingerprint density at radius 3 is 2.43 bits per heavy atom. The summed E-state index contributed by atoms with van der Waals surface area (Å²) in [5.74, 6) is 1.10. The summed E-state index contributed by atoms with van der Waals surface area (Å²) in [6, 6.07) is 11.5. The molecule has 160 valence electrons. The zero-order chi connectivity index (χ0) is 21.3. The average Bonchev–Trinajstić information content (AvgIpc) is 3.11. The number of hydrogen-bond acceptors (Lipinski definition) is 3. The number of nitrogens with one attached hydrogen (secondary N) is 1. The van der Waals surface area contributed by atoms with Gasteiger partial charge < -0.3 is 14.6 Å². The molecule has 0 amide bonds. The van der Waals surface area contributed by atoms with Crippen LogP contribution in [0.4, 0.5) is 0 Å². The topological polar surface area (TPSA) is 41.1 Å². The fraction of sp³-hybridized carbons (Fsp3) is 0.500. The first-order chi connectivity index (χ1) is 14.5. The number of rotatable bonds is 6. The second kappa shape index (κ2) is 8.91. The van der Waals surface area contributed by atoms with Gasteiger partial charge in [0.1, 0.15) is 0 Å². The zero-order valence-electron chi connectivity index (χ0n) is 19.1. The van der Waals surface area contributed by atoms with E-state index in [9.17, 15) is 0 Å². The van der Waals surface area contributed by atoms with Crippen LogP contribution in [0.25, 0.3) is 22.2 Å². The number of likely N-dealkylation sites (tertiary alicyclic amines) is 1. The minimum absolute atomic E-state index is 0.452. The molecular formula is C26H35N3O. The fourth-order valence-corrected chi connectivity index (χ4v) is 5.00. The quantitative estimate of drug-likeness (QED) is 0.564. The Kier molecular flexibility index (Phi) is 6.26. The van der Waals surface area contributed by atoms with Crippen molar-refractivity contribution in [2.24, 2.45) is 0 Å². The van der Waals surface area contributed by atoms with Gasteiger partial charge in [-0.1, -0.05) is 19.9 Å². The Labute approximate surface area is 180 Å². The number of aromatic nitrogens is 2. The third-order valence-corrected chi connectivity index (χ3v) is 6.48. The highest BCUT2D eigenvalue weighted by molar-refractivity contribution is 5.92. The predicted octanol–water partition coefficient (Wildman–Crippen LogP) is 5.80. The lowest BCUT2D eigenvalue weighted by Crippen LogP contribution is -2.35. The number of nitrogens with zero attached hydrogens (tertiary/aromatic N) is 2. The van der Waals surface area contributed by atoms with Gasteiger partial charge in [0.05, 0.1) is 12.3 Å². The molecule has 0 spiro atoms. The first-order valence-corrected chi connectivity index (χ1v) is 11.3. The maximum absolute atomic E-state index is 5.24. The van der Waals surface area contributed by atoms with Crippen LogP contribution >= 0.6 is 0 Å². The minimum Gasteiger partial charge on any atom is -0.383 e. The summed E-state index contributed by atoms with van der Waals surface area (Å²) in [4.78, 5) is 10.8. The van der Waals surface area contributed by atoms with Crippen LogP contribution in [0.2, 0.25) is 0 Å². The number of benzene rings is 1. The first kappa shape index (κ1) is 21.1. The van der Waals surface area contributed by atoms with Gasteiger partial charge in [0, 0.05) is 41.5 Å². The molecule has 1 aromatic carbocycles. The maximum atomic E-state index is 5.24. The van der Waals surface area contributed by atoms with Gasteiger partial charge in [-0.3, -0.25) is 4.98 Å². The largest absolute Gasteiger partial charge is 0.383 e. The van der Waals surface area contributed by atoms with Crippen LogP contribution in [0.15, 0.2) is 30.3 Å². The fourth-order valence-electron chi connectivity index (χ4n) is 5.00. The van der Waals surface area contributed by atoms with Crippen LogP contribution in [0.5, 0.6) is 0 Å².